The molecule has 1 aliphatic heterocycles. The molecule has 2 heterocycles. The number of amides is 1. The summed E-state index contributed by atoms with van der Waals surface area (Å²) < 4.78 is 5.75. The predicted octanol–water partition coefficient (Wildman–Crippen LogP) is 5.11. The second-order valence-electron chi connectivity index (χ2n) is 7.04. The topological polar surface area (TPSA) is 33.5 Å². The Morgan fingerprint density at radius 2 is 1.88 bits per heavy atom. The first-order chi connectivity index (χ1) is 12.7. The SMILES string of the molecule is CC1Cc2ccccc2N1C(=O)Cc1coc2ccc3ccccc3c12. The van der Waals surface area contributed by atoms with Crippen LogP contribution in [0.5, 0.6) is 0 Å². The summed E-state index contributed by atoms with van der Waals surface area (Å²) in [6.45, 7) is 2.11. The van der Waals surface area contributed by atoms with Crippen molar-refractivity contribution in [3.8, 4) is 0 Å². The summed E-state index contributed by atoms with van der Waals surface area (Å²) in [5.41, 5.74) is 4.08. The molecule has 0 aliphatic carbocycles. The fourth-order valence-corrected chi connectivity index (χ4v) is 4.20. The van der Waals surface area contributed by atoms with Crippen molar-refractivity contribution in [3.05, 3.63) is 78.1 Å². The van der Waals surface area contributed by atoms with Gasteiger partial charge in [-0.25, -0.2) is 0 Å². The van der Waals surface area contributed by atoms with Gasteiger partial charge in [-0.3, -0.25) is 4.79 Å². The van der Waals surface area contributed by atoms with Gasteiger partial charge in [0.2, 0.25) is 5.91 Å². The number of furan rings is 1. The van der Waals surface area contributed by atoms with Gasteiger partial charge in [0.25, 0.3) is 0 Å². The number of hydrogen-bond acceptors (Lipinski definition) is 2. The highest BCUT2D eigenvalue weighted by molar-refractivity contribution is 6.09. The number of rotatable bonds is 2. The van der Waals surface area contributed by atoms with Gasteiger partial charge in [-0.2, -0.15) is 0 Å². The van der Waals surface area contributed by atoms with Gasteiger partial charge in [-0.15, -0.1) is 0 Å². The van der Waals surface area contributed by atoms with Crippen molar-refractivity contribution in [2.75, 3.05) is 4.90 Å². The zero-order chi connectivity index (χ0) is 17.7. The average Bonchev–Trinajstić information content (AvgIpc) is 3.21. The highest BCUT2D eigenvalue weighted by atomic mass is 16.3. The molecule has 1 amide bonds. The summed E-state index contributed by atoms with van der Waals surface area (Å²) >= 11 is 0. The quantitative estimate of drug-likeness (QED) is 0.508. The van der Waals surface area contributed by atoms with Gasteiger partial charge in [0, 0.05) is 22.7 Å². The van der Waals surface area contributed by atoms with Crippen LogP contribution >= 0.6 is 0 Å². The van der Waals surface area contributed by atoms with Crippen LogP contribution in [0.2, 0.25) is 0 Å². The highest BCUT2D eigenvalue weighted by Gasteiger charge is 2.30. The van der Waals surface area contributed by atoms with Crippen LogP contribution in [0.25, 0.3) is 21.7 Å². The van der Waals surface area contributed by atoms with Gasteiger partial charge in [0.05, 0.1) is 12.7 Å². The molecule has 0 saturated carbocycles. The molecule has 3 heteroatoms. The van der Waals surface area contributed by atoms with E-state index in [0.29, 0.717) is 6.42 Å². The van der Waals surface area contributed by atoms with Gasteiger partial charge in [-0.1, -0.05) is 48.5 Å². The smallest absolute Gasteiger partial charge is 0.231 e. The molecule has 1 unspecified atom stereocenters. The molecule has 5 rings (SSSR count). The number of carbonyl (C=O) groups excluding carboxylic acids is 1. The maximum atomic E-state index is 13.1. The van der Waals surface area contributed by atoms with Crippen LogP contribution in [-0.2, 0) is 17.6 Å². The lowest BCUT2D eigenvalue weighted by molar-refractivity contribution is -0.118. The number of anilines is 1. The zero-order valence-corrected chi connectivity index (χ0v) is 14.6. The Kier molecular flexibility index (Phi) is 3.35. The summed E-state index contributed by atoms with van der Waals surface area (Å²) in [5, 5.41) is 3.35. The fourth-order valence-electron chi connectivity index (χ4n) is 4.20. The van der Waals surface area contributed by atoms with Crippen molar-refractivity contribution in [3.63, 3.8) is 0 Å². The Labute approximate surface area is 151 Å². The molecule has 1 aromatic heterocycles. The number of fused-ring (bicyclic) bond motifs is 4. The highest BCUT2D eigenvalue weighted by Crippen LogP contribution is 2.34. The molecule has 1 aliphatic rings. The third kappa shape index (κ3) is 2.24. The number of carbonyl (C=O) groups is 1. The number of para-hydroxylation sites is 1. The van der Waals surface area contributed by atoms with Crippen LogP contribution < -0.4 is 4.90 Å². The lowest BCUT2D eigenvalue weighted by Gasteiger charge is -2.22. The minimum Gasteiger partial charge on any atom is -0.464 e. The van der Waals surface area contributed by atoms with Crippen LogP contribution in [0.1, 0.15) is 18.1 Å². The van der Waals surface area contributed by atoms with Crippen molar-refractivity contribution in [2.24, 2.45) is 0 Å². The Morgan fingerprint density at radius 1 is 1.08 bits per heavy atom. The molecule has 3 aromatic carbocycles. The van der Waals surface area contributed by atoms with Crippen molar-refractivity contribution in [1.29, 1.82) is 0 Å². The van der Waals surface area contributed by atoms with E-state index in [2.05, 4.69) is 31.2 Å². The molecule has 0 radical (unpaired) electrons. The number of hydrogen-bond donors (Lipinski definition) is 0. The first kappa shape index (κ1) is 15.2. The predicted molar refractivity (Wildman–Crippen MR) is 105 cm³/mol. The van der Waals surface area contributed by atoms with Gasteiger partial charge in [-0.05, 0) is 41.8 Å². The minimum absolute atomic E-state index is 0.123. The minimum atomic E-state index is 0.123. The van der Waals surface area contributed by atoms with Gasteiger partial charge >= 0.3 is 0 Å². The first-order valence-corrected chi connectivity index (χ1v) is 9.00. The Hall–Kier alpha value is -3.07. The lowest BCUT2D eigenvalue weighted by Crippen LogP contribution is -2.36. The summed E-state index contributed by atoms with van der Waals surface area (Å²) in [6, 6.07) is 20.7. The Balaban J connectivity index is 1.56. The van der Waals surface area contributed by atoms with Crippen LogP contribution in [0, 0.1) is 0 Å². The fraction of sp³-hybridized carbons (Fsp3) is 0.174. The normalized spacial score (nSPS) is 16.3. The van der Waals surface area contributed by atoms with Crippen molar-refractivity contribution >= 4 is 33.3 Å². The monoisotopic (exact) mass is 341 g/mol. The summed E-state index contributed by atoms with van der Waals surface area (Å²) in [5.74, 6) is 0.123. The first-order valence-electron chi connectivity index (χ1n) is 9.00. The largest absolute Gasteiger partial charge is 0.464 e. The molecule has 0 fully saturated rings. The second kappa shape index (κ2) is 5.73. The van der Waals surface area contributed by atoms with E-state index in [0.717, 1.165) is 39.4 Å². The maximum absolute atomic E-state index is 13.1. The summed E-state index contributed by atoms with van der Waals surface area (Å²) in [7, 11) is 0. The third-order valence-electron chi connectivity index (χ3n) is 5.36. The summed E-state index contributed by atoms with van der Waals surface area (Å²) in [4.78, 5) is 15.1. The Morgan fingerprint density at radius 3 is 2.81 bits per heavy atom. The molecule has 0 N–H and O–H groups in total. The van der Waals surface area contributed by atoms with E-state index in [1.807, 2.05) is 41.3 Å². The van der Waals surface area contributed by atoms with E-state index in [1.165, 1.54) is 5.56 Å². The van der Waals surface area contributed by atoms with E-state index in [1.54, 1.807) is 6.26 Å². The molecule has 1 atom stereocenters. The van der Waals surface area contributed by atoms with E-state index in [9.17, 15) is 4.79 Å². The molecule has 128 valence electrons. The molecule has 3 nitrogen and oxygen atoms in total. The van der Waals surface area contributed by atoms with Crippen molar-refractivity contribution in [1.82, 2.24) is 0 Å². The number of nitrogens with zero attached hydrogens (tertiary/aromatic N) is 1. The molecule has 4 aromatic rings. The molecule has 0 bridgehead atoms. The summed E-state index contributed by atoms with van der Waals surface area (Å²) in [6.07, 6.45) is 3.00. The molecule has 0 saturated heterocycles. The van der Waals surface area contributed by atoms with E-state index in [-0.39, 0.29) is 11.9 Å². The van der Waals surface area contributed by atoms with Crippen molar-refractivity contribution < 1.29 is 9.21 Å². The van der Waals surface area contributed by atoms with Gasteiger partial charge < -0.3 is 9.32 Å². The molecular formula is C23H19NO2. The molecule has 0 spiro atoms. The van der Waals surface area contributed by atoms with Crippen LogP contribution in [0.3, 0.4) is 0 Å². The average molecular weight is 341 g/mol. The van der Waals surface area contributed by atoms with Crippen LogP contribution in [0.4, 0.5) is 5.69 Å². The second-order valence-corrected chi connectivity index (χ2v) is 7.04. The van der Waals surface area contributed by atoms with E-state index >= 15 is 0 Å². The van der Waals surface area contributed by atoms with E-state index < -0.39 is 0 Å². The standard InChI is InChI=1S/C23H19NO2/c1-15-12-17-7-3-5-9-20(17)24(15)22(25)13-18-14-26-21-11-10-16-6-2-4-8-19(16)23(18)21/h2-11,14-15H,12-13H2,1H3. The van der Waals surface area contributed by atoms with Crippen molar-refractivity contribution in [2.45, 2.75) is 25.8 Å². The Bertz CT molecular complexity index is 1140. The maximum Gasteiger partial charge on any atom is 0.231 e. The van der Waals surface area contributed by atoms with Gasteiger partial charge in [0.15, 0.2) is 0 Å². The molecular weight excluding hydrogens is 322 g/mol. The zero-order valence-electron chi connectivity index (χ0n) is 14.6. The third-order valence-corrected chi connectivity index (χ3v) is 5.36. The van der Waals surface area contributed by atoms with Gasteiger partial charge in [0.1, 0.15) is 5.58 Å². The van der Waals surface area contributed by atoms with Crippen LogP contribution in [0.15, 0.2) is 71.3 Å². The molecule has 26 heavy (non-hydrogen) atoms. The number of benzene rings is 3. The van der Waals surface area contributed by atoms with Crippen LogP contribution in [-0.4, -0.2) is 11.9 Å². The lowest BCUT2D eigenvalue weighted by atomic mass is 10.0. The van der Waals surface area contributed by atoms with E-state index in [4.69, 9.17) is 4.42 Å².